The molecule has 4 heteroatoms. The molecule has 102 valence electrons. The van der Waals surface area contributed by atoms with Gasteiger partial charge in [0.2, 0.25) is 0 Å². The highest BCUT2D eigenvalue weighted by atomic mass is 32.1. The maximum absolute atomic E-state index is 4.41. The van der Waals surface area contributed by atoms with Crippen molar-refractivity contribution >= 4 is 11.3 Å². The monoisotopic (exact) mass is 275 g/mol. The average Bonchev–Trinajstić information content (AvgIpc) is 3.14. The van der Waals surface area contributed by atoms with Crippen LogP contribution in [0.3, 0.4) is 0 Å². The summed E-state index contributed by atoms with van der Waals surface area (Å²) in [5, 5.41) is 5.75. The van der Waals surface area contributed by atoms with Gasteiger partial charge in [0.25, 0.3) is 0 Å². The van der Waals surface area contributed by atoms with Gasteiger partial charge in [-0.2, -0.15) is 0 Å². The molecule has 2 atom stereocenters. The molecule has 0 bridgehead atoms. The zero-order valence-corrected chi connectivity index (χ0v) is 12.2. The first-order valence-corrected chi connectivity index (χ1v) is 8.06. The molecule has 2 aromatic rings. The summed E-state index contributed by atoms with van der Waals surface area (Å²) in [5.74, 6) is 0. The predicted molar refractivity (Wildman–Crippen MR) is 79.6 cm³/mol. The van der Waals surface area contributed by atoms with E-state index in [1.165, 1.54) is 36.3 Å². The molecule has 2 aromatic heterocycles. The highest BCUT2D eigenvalue weighted by molar-refractivity contribution is 7.10. The largest absolute Gasteiger partial charge is 0.325 e. The molecule has 0 amide bonds. The first-order valence-electron chi connectivity index (χ1n) is 7.18. The van der Waals surface area contributed by atoms with Crippen LogP contribution in [0.2, 0.25) is 0 Å². The van der Waals surface area contributed by atoms with E-state index in [-0.39, 0.29) is 0 Å². The fraction of sp³-hybridized carbons (Fsp3) is 0.533. The predicted octanol–water partition coefficient (Wildman–Crippen LogP) is 3.76. The number of imidazole rings is 1. The van der Waals surface area contributed by atoms with E-state index in [0.717, 1.165) is 6.54 Å². The van der Waals surface area contributed by atoms with Crippen molar-refractivity contribution in [3.63, 3.8) is 0 Å². The highest BCUT2D eigenvalue weighted by Gasteiger charge is 2.23. The Kier molecular flexibility index (Phi) is 3.99. The van der Waals surface area contributed by atoms with Crippen LogP contribution in [0.4, 0.5) is 0 Å². The minimum absolute atomic E-state index is 0.449. The number of aromatic nitrogens is 2. The van der Waals surface area contributed by atoms with E-state index in [2.05, 4.69) is 39.3 Å². The Morgan fingerprint density at radius 1 is 1.58 bits per heavy atom. The van der Waals surface area contributed by atoms with Crippen LogP contribution in [0.5, 0.6) is 0 Å². The SMILES string of the molecule is CCCC(c1cccs1)n1cncc1C1CCCN1. The molecule has 0 aliphatic carbocycles. The second-order valence-electron chi connectivity index (χ2n) is 5.19. The summed E-state index contributed by atoms with van der Waals surface area (Å²) < 4.78 is 2.39. The van der Waals surface area contributed by atoms with Gasteiger partial charge in [0.15, 0.2) is 0 Å². The lowest BCUT2D eigenvalue weighted by Gasteiger charge is -2.22. The van der Waals surface area contributed by atoms with E-state index in [9.17, 15) is 0 Å². The van der Waals surface area contributed by atoms with Crippen LogP contribution in [0, 0.1) is 0 Å². The van der Waals surface area contributed by atoms with Gasteiger partial charge in [0, 0.05) is 17.1 Å². The third kappa shape index (κ3) is 2.60. The quantitative estimate of drug-likeness (QED) is 0.900. The van der Waals surface area contributed by atoms with E-state index in [0.29, 0.717) is 12.1 Å². The van der Waals surface area contributed by atoms with Crippen molar-refractivity contribution in [1.29, 1.82) is 0 Å². The van der Waals surface area contributed by atoms with Gasteiger partial charge in [-0.1, -0.05) is 19.4 Å². The van der Waals surface area contributed by atoms with Gasteiger partial charge in [-0.15, -0.1) is 11.3 Å². The second-order valence-corrected chi connectivity index (χ2v) is 6.17. The van der Waals surface area contributed by atoms with Crippen molar-refractivity contribution in [2.24, 2.45) is 0 Å². The molecule has 3 nitrogen and oxygen atoms in total. The van der Waals surface area contributed by atoms with E-state index in [1.807, 2.05) is 23.9 Å². The molecule has 0 spiro atoms. The van der Waals surface area contributed by atoms with Crippen LogP contribution in [-0.2, 0) is 0 Å². The number of rotatable bonds is 5. The Labute approximate surface area is 118 Å². The zero-order chi connectivity index (χ0) is 13.1. The molecule has 0 radical (unpaired) electrons. The summed E-state index contributed by atoms with van der Waals surface area (Å²) in [6.07, 6.45) is 8.92. The Morgan fingerprint density at radius 3 is 3.21 bits per heavy atom. The van der Waals surface area contributed by atoms with Gasteiger partial charge in [-0.05, 0) is 37.3 Å². The molecule has 0 aromatic carbocycles. The Balaban J connectivity index is 1.92. The van der Waals surface area contributed by atoms with Gasteiger partial charge in [0.05, 0.1) is 18.1 Å². The molecule has 3 rings (SSSR count). The molecule has 1 fully saturated rings. The lowest BCUT2D eigenvalue weighted by Crippen LogP contribution is -2.19. The van der Waals surface area contributed by atoms with E-state index in [4.69, 9.17) is 0 Å². The molecule has 2 unspecified atom stereocenters. The van der Waals surface area contributed by atoms with Gasteiger partial charge in [-0.3, -0.25) is 0 Å². The van der Waals surface area contributed by atoms with Crippen LogP contribution >= 0.6 is 11.3 Å². The molecular weight excluding hydrogens is 254 g/mol. The zero-order valence-electron chi connectivity index (χ0n) is 11.4. The summed E-state index contributed by atoms with van der Waals surface area (Å²) in [4.78, 5) is 5.85. The van der Waals surface area contributed by atoms with Gasteiger partial charge in [0.1, 0.15) is 0 Å². The van der Waals surface area contributed by atoms with E-state index < -0.39 is 0 Å². The minimum atomic E-state index is 0.449. The van der Waals surface area contributed by atoms with Gasteiger partial charge in [-0.25, -0.2) is 4.98 Å². The number of nitrogens with one attached hydrogen (secondary N) is 1. The lowest BCUT2D eigenvalue weighted by molar-refractivity contribution is 0.490. The first-order chi connectivity index (χ1) is 9.40. The van der Waals surface area contributed by atoms with Crippen molar-refractivity contribution < 1.29 is 0 Å². The standard InChI is InChI=1S/C15H21N3S/c1-2-5-13(15-7-4-9-19-15)18-11-16-10-14(18)12-6-3-8-17-12/h4,7,9-13,17H,2-3,5-6,8H2,1H3. The summed E-state index contributed by atoms with van der Waals surface area (Å²) in [7, 11) is 0. The number of thiophene rings is 1. The van der Waals surface area contributed by atoms with Crippen LogP contribution < -0.4 is 5.32 Å². The molecule has 1 saturated heterocycles. The second kappa shape index (κ2) is 5.88. The molecular formula is C15H21N3S. The fourth-order valence-corrected chi connectivity index (χ4v) is 3.81. The maximum atomic E-state index is 4.41. The number of nitrogens with zero attached hydrogens (tertiary/aromatic N) is 2. The third-order valence-electron chi connectivity index (χ3n) is 3.88. The topological polar surface area (TPSA) is 29.9 Å². The minimum Gasteiger partial charge on any atom is -0.325 e. The van der Waals surface area contributed by atoms with Crippen molar-refractivity contribution in [3.8, 4) is 0 Å². The van der Waals surface area contributed by atoms with Crippen LogP contribution in [0.25, 0.3) is 0 Å². The first kappa shape index (κ1) is 12.9. The Morgan fingerprint density at radius 2 is 2.53 bits per heavy atom. The Bertz CT molecular complexity index is 497. The fourth-order valence-electron chi connectivity index (χ4n) is 2.95. The smallest absolute Gasteiger partial charge is 0.0954 e. The molecule has 1 aliphatic heterocycles. The Hall–Kier alpha value is -1.13. The van der Waals surface area contributed by atoms with Crippen LogP contribution in [0.15, 0.2) is 30.0 Å². The summed E-state index contributed by atoms with van der Waals surface area (Å²) in [5.41, 5.74) is 1.35. The van der Waals surface area contributed by atoms with E-state index in [1.54, 1.807) is 0 Å². The van der Waals surface area contributed by atoms with Crippen molar-refractivity contribution in [2.75, 3.05) is 6.54 Å². The van der Waals surface area contributed by atoms with Crippen LogP contribution in [-0.4, -0.2) is 16.1 Å². The summed E-state index contributed by atoms with van der Waals surface area (Å²) >= 11 is 1.85. The normalized spacial score (nSPS) is 20.8. The average molecular weight is 275 g/mol. The highest BCUT2D eigenvalue weighted by Crippen LogP contribution is 2.32. The maximum Gasteiger partial charge on any atom is 0.0954 e. The van der Waals surface area contributed by atoms with Crippen molar-refractivity contribution in [1.82, 2.24) is 14.9 Å². The molecule has 3 heterocycles. The summed E-state index contributed by atoms with van der Waals surface area (Å²) in [6.45, 7) is 3.39. The number of hydrogen-bond acceptors (Lipinski definition) is 3. The molecule has 1 N–H and O–H groups in total. The molecule has 19 heavy (non-hydrogen) atoms. The van der Waals surface area contributed by atoms with Crippen molar-refractivity contribution in [2.45, 2.75) is 44.7 Å². The summed E-state index contributed by atoms with van der Waals surface area (Å²) in [6, 6.07) is 5.33. The van der Waals surface area contributed by atoms with Crippen LogP contribution in [0.1, 0.15) is 55.3 Å². The van der Waals surface area contributed by atoms with Gasteiger partial charge >= 0.3 is 0 Å². The lowest BCUT2D eigenvalue weighted by atomic mass is 10.1. The number of hydrogen-bond donors (Lipinski definition) is 1. The van der Waals surface area contributed by atoms with E-state index >= 15 is 0 Å². The molecule has 0 saturated carbocycles. The third-order valence-corrected chi connectivity index (χ3v) is 4.86. The molecule has 1 aliphatic rings. The van der Waals surface area contributed by atoms with Gasteiger partial charge < -0.3 is 9.88 Å². The van der Waals surface area contributed by atoms with Crippen molar-refractivity contribution in [3.05, 3.63) is 40.6 Å².